The Bertz CT molecular complexity index is 818. The molecular weight excluding hydrogens is 308 g/mol. The first-order valence-corrected chi connectivity index (χ1v) is 9.31. The molecule has 3 heteroatoms. The van der Waals surface area contributed by atoms with Gasteiger partial charge in [0.25, 0.3) is 0 Å². The fraction of sp³-hybridized carbons (Fsp3) is 0.409. The SMILES string of the molecule is C[C@]12CCO[C@@]1(/C=N\N1CC1c1ccccc1)c1ccccc1CC2. The lowest BCUT2D eigenvalue weighted by molar-refractivity contribution is -0.00900. The molecule has 3 aliphatic rings. The van der Waals surface area contributed by atoms with Gasteiger partial charge in [0.1, 0.15) is 5.60 Å². The summed E-state index contributed by atoms with van der Waals surface area (Å²) in [6, 6.07) is 19.8. The molecule has 1 aliphatic carbocycles. The Morgan fingerprint density at radius 2 is 1.88 bits per heavy atom. The Kier molecular flexibility index (Phi) is 3.29. The van der Waals surface area contributed by atoms with E-state index in [-0.39, 0.29) is 11.0 Å². The van der Waals surface area contributed by atoms with Crippen LogP contribution < -0.4 is 0 Å². The first kappa shape index (κ1) is 15.2. The molecule has 25 heavy (non-hydrogen) atoms. The van der Waals surface area contributed by atoms with E-state index in [2.05, 4.69) is 72.7 Å². The van der Waals surface area contributed by atoms with Gasteiger partial charge in [-0.05, 0) is 36.0 Å². The van der Waals surface area contributed by atoms with E-state index in [0.29, 0.717) is 6.04 Å². The second-order valence-electron chi connectivity index (χ2n) is 7.85. The zero-order valence-corrected chi connectivity index (χ0v) is 14.7. The normalized spacial score (nSPS) is 33.3. The fourth-order valence-electron chi connectivity index (χ4n) is 4.65. The number of hydrogen-bond acceptors (Lipinski definition) is 3. The summed E-state index contributed by atoms with van der Waals surface area (Å²) in [5, 5.41) is 7.05. The lowest BCUT2D eigenvalue weighted by atomic mass is 9.62. The predicted octanol–water partition coefficient (Wildman–Crippen LogP) is 4.30. The van der Waals surface area contributed by atoms with E-state index in [9.17, 15) is 0 Å². The molecule has 0 amide bonds. The second kappa shape index (κ2) is 5.43. The Balaban J connectivity index is 1.48. The molecule has 2 aromatic rings. The van der Waals surface area contributed by atoms with Crippen LogP contribution in [0.3, 0.4) is 0 Å². The number of nitrogens with zero attached hydrogens (tertiary/aromatic N) is 2. The first-order valence-electron chi connectivity index (χ1n) is 9.31. The molecule has 5 rings (SSSR count). The number of ether oxygens (including phenoxy) is 1. The smallest absolute Gasteiger partial charge is 0.135 e. The third-order valence-electron chi connectivity index (χ3n) is 6.40. The van der Waals surface area contributed by atoms with Crippen LogP contribution in [-0.2, 0) is 16.8 Å². The molecule has 3 atom stereocenters. The average Bonchev–Trinajstić information content (AvgIpc) is 3.35. The minimum Gasteiger partial charge on any atom is -0.364 e. The molecule has 2 heterocycles. The van der Waals surface area contributed by atoms with E-state index in [1.54, 1.807) is 0 Å². The molecule has 1 unspecified atom stereocenters. The van der Waals surface area contributed by atoms with Gasteiger partial charge >= 0.3 is 0 Å². The highest BCUT2D eigenvalue weighted by Gasteiger charge is 2.56. The molecule has 2 aromatic carbocycles. The van der Waals surface area contributed by atoms with Crippen LogP contribution in [0.5, 0.6) is 0 Å². The van der Waals surface area contributed by atoms with Gasteiger partial charge in [0.15, 0.2) is 0 Å². The summed E-state index contributed by atoms with van der Waals surface area (Å²) in [5.74, 6) is 0. The minimum absolute atomic E-state index is 0.142. The molecule has 0 N–H and O–H groups in total. The standard InChI is InChI=1S/C22H24N2O/c1-21-12-11-17-7-5-6-10-19(17)22(21,25-14-13-21)16-23-24-15-20(24)18-8-3-2-4-9-18/h2-10,16,20H,11-15H2,1H3/b23-16-/t20?,21-,22-,24?/m0/s1. The van der Waals surface area contributed by atoms with Gasteiger partial charge in [0, 0.05) is 12.0 Å². The van der Waals surface area contributed by atoms with Crippen molar-refractivity contribution in [1.82, 2.24) is 5.01 Å². The van der Waals surface area contributed by atoms with Crippen LogP contribution in [0, 0.1) is 5.41 Å². The minimum atomic E-state index is -0.369. The zero-order chi connectivity index (χ0) is 16.9. The van der Waals surface area contributed by atoms with Gasteiger partial charge in [-0.15, -0.1) is 0 Å². The largest absolute Gasteiger partial charge is 0.364 e. The maximum Gasteiger partial charge on any atom is 0.135 e. The van der Waals surface area contributed by atoms with Gasteiger partial charge in [0.2, 0.25) is 0 Å². The maximum absolute atomic E-state index is 6.42. The van der Waals surface area contributed by atoms with Crippen LogP contribution in [0.2, 0.25) is 0 Å². The van der Waals surface area contributed by atoms with E-state index in [4.69, 9.17) is 9.84 Å². The Morgan fingerprint density at radius 3 is 2.76 bits per heavy atom. The molecule has 0 saturated carbocycles. The fourth-order valence-corrected chi connectivity index (χ4v) is 4.65. The van der Waals surface area contributed by atoms with Crippen LogP contribution in [0.25, 0.3) is 0 Å². The van der Waals surface area contributed by atoms with Crippen LogP contribution >= 0.6 is 0 Å². The van der Waals surface area contributed by atoms with Crippen molar-refractivity contribution in [3.63, 3.8) is 0 Å². The van der Waals surface area contributed by atoms with Crippen molar-refractivity contribution in [2.45, 2.75) is 37.8 Å². The molecule has 2 saturated heterocycles. The van der Waals surface area contributed by atoms with Crippen molar-refractivity contribution in [2.24, 2.45) is 10.5 Å². The highest BCUT2D eigenvalue weighted by molar-refractivity contribution is 5.75. The molecule has 0 radical (unpaired) electrons. The van der Waals surface area contributed by atoms with Crippen molar-refractivity contribution < 1.29 is 4.74 Å². The van der Waals surface area contributed by atoms with Crippen LogP contribution in [0.15, 0.2) is 59.7 Å². The number of fused-ring (bicyclic) bond motifs is 3. The summed E-state index contributed by atoms with van der Waals surface area (Å²) in [6.07, 6.45) is 5.52. The lowest BCUT2D eigenvalue weighted by Crippen LogP contribution is -2.46. The summed E-state index contributed by atoms with van der Waals surface area (Å²) in [7, 11) is 0. The highest BCUT2D eigenvalue weighted by Crippen LogP contribution is 2.56. The molecule has 2 aliphatic heterocycles. The van der Waals surface area contributed by atoms with E-state index in [1.807, 2.05) is 0 Å². The molecule has 2 fully saturated rings. The van der Waals surface area contributed by atoms with Crippen molar-refractivity contribution >= 4 is 6.21 Å². The van der Waals surface area contributed by atoms with Crippen LogP contribution in [0.4, 0.5) is 0 Å². The summed E-state index contributed by atoms with van der Waals surface area (Å²) in [5.41, 5.74) is 3.85. The lowest BCUT2D eigenvalue weighted by Gasteiger charge is -2.44. The predicted molar refractivity (Wildman–Crippen MR) is 99.5 cm³/mol. The number of hydrazone groups is 1. The summed E-state index contributed by atoms with van der Waals surface area (Å²) >= 11 is 0. The van der Waals surface area contributed by atoms with Gasteiger partial charge in [-0.1, -0.05) is 61.5 Å². The summed E-state index contributed by atoms with van der Waals surface area (Å²) in [6.45, 7) is 4.19. The molecule has 0 bridgehead atoms. The number of aryl methyl sites for hydroxylation is 1. The van der Waals surface area contributed by atoms with Gasteiger partial charge in [-0.3, -0.25) is 5.01 Å². The van der Waals surface area contributed by atoms with Gasteiger partial charge < -0.3 is 4.74 Å². The Labute approximate surface area is 149 Å². The Morgan fingerprint density at radius 1 is 1.08 bits per heavy atom. The van der Waals surface area contributed by atoms with Crippen LogP contribution in [0.1, 0.15) is 42.5 Å². The number of rotatable bonds is 3. The van der Waals surface area contributed by atoms with Gasteiger partial charge in [-0.25, -0.2) is 0 Å². The topological polar surface area (TPSA) is 24.6 Å². The molecule has 0 spiro atoms. The van der Waals surface area contributed by atoms with E-state index in [1.165, 1.54) is 16.7 Å². The Hall–Kier alpha value is -2.13. The first-order chi connectivity index (χ1) is 12.2. The monoisotopic (exact) mass is 332 g/mol. The van der Waals surface area contributed by atoms with Crippen molar-refractivity contribution in [1.29, 1.82) is 0 Å². The average molecular weight is 332 g/mol. The van der Waals surface area contributed by atoms with Crippen molar-refractivity contribution in [3.8, 4) is 0 Å². The molecular formula is C22H24N2O. The second-order valence-corrected chi connectivity index (χ2v) is 7.85. The molecule has 128 valence electrons. The third kappa shape index (κ3) is 2.26. The van der Waals surface area contributed by atoms with Crippen LogP contribution in [-0.4, -0.2) is 24.4 Å². The summed E-state index contributed by atoms with van der Waals surface area (Å²) < 4.78 is 6.42. The number of benzene rings is 2. The van der Waals surface area contributed by atoms with E-state index < -0.39 is 0 Å². The van der Waals surface area contributed by atoms with E-state index >= 15 is 0 Å². The third-order valence-corrected chi connectivity index (χ3v) is 6.40. The highest BCUT2D eigenvalue weighted by atomic mass is 16.5. The number of hydrogen-bond donors (Lipinski definition) is 0. The zero-order valence-electron chi connectivity index (χ0n) is 14.7. The maximum atomic E-state index is 6.42. The van der Waals surface area contributed by atoms with E-state index in [0.717, 1.165) is 32.4 Å². The molecule has 3 nitrogen and oxygen atoms in total. The molecule has 0 aromatic heterocycles. The van der Waals surface area contributed by atoms with Gasteiger partial charge in [-0.2, -0.15) is 5.10 Å². The quantitative estimate of drug-likeness (QED) is 0.618. The summed E-state index contributed by atoms with van der Waals surface area (Å²) in [4.78, 5) is 0. The van der Waals surface area contributed by atoms with Crippen molar-refractivity contribution in [2.75, 3.05) is 13.2 Å². The van der Waals surface area contributed by atoms with Crippen molar-refractivity contribution in [3.05, 3.63) is 71.3 Å². The van der Waals surface area contributed by atoms with Gasteiger partial charge in [0.05, 0.1) is 18.8 Å².